The van der Waals surface area contributed by atoms with Crippen molar-refractivity contribution in [2.24, 2.45) is 5.92 Å². The number of ether oxygens (including phenoxy) is 1. The lowest BCUT2D eigenvalue weighted by atomic mass is 9.78. The van der Waals surface area contributed by atoms with E-state index in [1.165, 1.54) is 38.5 Å². The van der Waals surface area contributed by atoms with E-state index in [0.29, 0.717) is 11.8 Å². The van der Waals surface area contributed by atoms with Gasteiger partial charge in [0.15, 0.2) is 0 Å². The molecule has 0 bridgehead atoms. The van der Waals surface area contributed by atoms with E-state index in [2.05, 4.69) is 10.2 Å². The molecule has 2 saturated heterocycles. The zero-order chi connectivity index (χ0) is 14.5. The van der Waals surface area contributed by atoms with Crippen LogP contribution < -0.4 is 5.32 Å². The molecule has 1 saturated carbocycles. The number of amides is 1. The molecular weight excluding hydrogens is 264 g/mol. The van der Waals surface area contributed by atoms with Gasteiger partial charge in [-0.25, -0.2) is 0 Å². The van der Waals surface area contributed by atoms with Gasteiger partial charge in [-0.1, -0.05) is 25.7 Å². The molecule has 0 spiro atoms. The Morgan fingerprint density at radius 2 is 1.81 bits per heavy atom. The summed E-state index contributed by atoms with van der Waals surface area (Å²) >= 11 is 0. The number of nitrogens with zero attached hydrogens (tertiary/aromatic N) is 1. The summed E-state index contributed by atoms with van der Waals surface area (Å²) in [4.78, 5) is 15.5. The van der Waals surface area contributed by atoms with Crippen LogP contribution in [0.1, 0.15) is 57.8 Å². The third-order valence-electron chi connectivity index (χ3n) is 5.64. The van der Waals surface area contributed by atoms with E-state index in [-0.39, 0.29) is 5.54 Å². The third kappa shape index (κ3) is 3.42. The zero-order valence-electron chi connectivity index (χ0n) is 13.2. The van der Waals surface area contributed by atoms with Crippen LogP contribution in [0.25, 0.3) is 0 Å². The summed E-state index contributed by atoms with van der Waals surface area (Å²) in [6.07, 6.45) is 10.7. The Balaban J connectivity index is 1.63. The van der Waals surface area contributed by atoms with Crippen molar-refractivity contribution in [3.8, 4) is 0 Å². The summed E-state index contributed by atoms with van der Waals surface area (Å²) in [5.41, 5.74) is -0.196. The van der Waals surface area contributed by atoms with E-state index in [1.807, 2.05) is 0 Å². The molecule has 1 amide bonds. The summed E-state index contributed by atoms with van der Waals surface area (Å²) in [6.45, 7) is 4.70. The van der Waals surface area contributed by atoms with Crippen molar-refractivity contribution in [3.63, 3.8) is 0 Å². The summed E-state index contributed by atoms with van der Waals surface area (Å²) < 4.78 is 5.41. The Kier molecular flexibility index (Phi) is 5.17. The second-order valence-electron chi connectivity index (χ2n) is 7.08. The number of carbonyl (C=O) groups is 1. The lowest BCUT2D eigenvalue weighted by molar-refractivity contribution is -0.137. The highest BCUT2D eigenvalue weighted by atomic mass is 16.5. The largest absolute Gasteiger partial charge is 0.381 e. The molecule has 120 valence electrons. The first kappa shape index (κ1) is 15.3. The Labute approximate surface area is 128 Å². The Morgan fingerprint density at radius 3 is 2.48 bits per heavy atom. The fourth-order valence-corrected chi connectivity index (χ4v) is 4.29. The van der Waals surface area contributed by atoms with Gasteiger partial charge in [0, 0.05) is 19.1 Å². The molecule has 0 unspecified atom stereocenters. The van der Waals surface area contributed by atoms with Crippen LogP contribution in [0.2, 0.25) is 0 Å². The predicted molar refractivity (Wildman–Crippen MR) is 83.2 cm³/mol. The summed E-state index contributed by atoms with van der Waals surface area (Å²) in [5, 5.41) is 3.27. The Hall–Kier alpha value is -0.610. The number of likely N-dealkylation sites (tertiary alicyclic amines) is 1. The van der Waals surface area contributed by atoms with Gasteiger partial charge in [0.25, 0.3) is 0 Å². The number of nitrogens with one attached hydrogen (secondary N) is 1. The maximum atomic E-state index is 13.0. The van der Waals surface area contributed by atoms with Gasteiger partial charge >= 0.3 is 0 Å². The molecule has 0 radical (unpaired) electrons. The highest BCUT2D eigenvalue weighted by molar-refractivity contribution is 5.86. The van der Waals surface area contributed by atoms with Gasteiger partial charge in [0.05, 0.1) is 6.61 Å². The number of carbonyl (C=O) groups excluding carboxylic acids is 1. The van der Waals surface area contributed by atoms with E-state index in [4.69, 9.17) is 4.74 Å². The molecule has 2 heterocycles. The second kappa shape index (κ2) is 7.10. The number of rotatable bonds is 4. The zero-order valence-corrected chi connectivity index (χ0v) is 13.2. The van der Waals surface area contributed by atoms with Crippen LogP contribution in [-0.2, 0) is 9.53 Å². The van der Waals surface area contributed by atoms with Gasteiger partial charge in [-0.15, -0.1) is 0 Å². The van der Waals surface area contributed by atoms with Gasteiger partial charge in [-0.05, 0) is 45.2 Å². The predicted octanol–water partition coefficient (Wildman–Crippen LogP) is 2.33. The lowest BCUT2D eigenvalue weighted by Gasteiger charge is -2.46. The molecule has 0 aromatic heterocycles. The van der Waals surface area contributed by atoms with Crippen molar-refractivity contribution in [1.29, 1.82) is 0 Å². The fourth-order valence-electron chi connectivity index (χ4n) is 4.29. The van der Waals surface area contributed by atoms with Gasteiger partial charge < -0.3 is 10.1 Å². The summed E-state index contributed by atoms with van der Waals surface area (Å²) in [7, 11) is 0. The lowest BCUT2D eigenvalue weighted by Crippen LogP contribution is -2.61. The average molecular weight is 294 g/mol. The van der Waals surface area contributed by atoms with Crippen molar-refractivity contribution in [2.45, 2.75) is 63.3 Å². The molecule has 4 heteroatoms. The van der Waals surface area contributed by atoms with Gasteiger partial charge in [-0.3, -0.25) is 9.69 Å². The number of piperidine rings is 1. The van der Waals surface area contributed by atoms with Crippen molar-refractivity contribution in [1.82, 2.24) is 10.2 Å². The molecule has 1 N–H and O–H groups in total. The molecule has 3 fully saturated rings. The number of hydrogen-bond acceptors (Lipinski definition) is 3. The molecule has 4 nitrogen and oxygen atoms in total. The maximum Gasteiger partial charge on any atom is 0.240 e. The van der Waals surface area contributed by atoms with Gasteiger partial charge in [0.2, 0.25) is 5.91 Å². The van der Waals surface area contributed by atoms with Crippen LogP contribution in [0.5, 0.6) is 0 Å². The molecule has 3 rings (SSSR count). The first-order valence-electron chi connectivity index (χ1n) is 8.92. The minimum atomic E-state index is -0.196. The van der Waals surface area contributed by atoms with Crippen LogP contribution in [0.3, 0.4) is 0 Å². The standard InChI is InChI=1S/C17H30N2O2/c20-16(18-13-15-7-12-21-14-15)17(8-3-1-4-9-17)19-10-5-2-6-11-19/h15H,1-14H2,(H,18,20)/t15-/m1/s1. The first-order valence-corrected chi connectivity index (χ1v) is 8.92. The second-order valence-corrected chi connectivity index (χ2v) is 7.08. The minimum Gasteiger partial charge on any atom is -0.381 e. The smallest absolute Gasteiger partial charge is 0.240 e. The molecule has 0 aromatic carbocycles. The molecule has 2 aliphatic heterocycles. The van der Waals surface area contributed by atoms with Crippen molar-refractivity contribution >= 4 is 5.91 Å². The van der Waals surface area contributed by atoms with Crippen LogP contribution in [0, 0.1) is 5.92 Å². The van der Waals surface area contributed by atoms with Crippen molar-refractivity contribution in [2.75, 3.05) is 32.8 Å². The summed E-state index contributed by atoms with van der Waals surface area (Å²) in [5.74, 6) is 0.826. The summed E-state index contributed by atoms with van der Waals surface area (Å²) in [6, 6.07) is 0. The fraction of sp³-hybridized carbons (Fsp3) is 0.941. The van der Waals surface area contributed by atoms with E-state index >= 15 is 0 Å². The van der Waals surface area contributed by atoms with Crippen molar-refractivity contribution < 1.29 is 9.53 Å². The molecule has 1 aliphatic carbocycles. The monoisotopic (exact) mass is 294 g/mol. The quantitative estimate of drug-likeness (QED) is 0.865. The van der Waals surface area contributed by atoms with Crippen LogP contribution in [0.15, 0.2) is 0 Å². The van der Waals surface area contributed by atoms with Gasteiger partial charge in [-0.2, -0.15) is 0 Å². The van der Waals surface area contributed by atoms with E-state index in [0.717, 1.165) is 52.1 Å². The first-order chi connectivity index (χ1) is 10.3. The number of hydrogen-bond donors (Lipinski definition) is 1. The van der Waals surface area contributed by atoms with E-state index < -0.39 is 0 Å². The topological polar surface area (TPSA) is 41.6 Å². The van der Waals surface area contributed by atoms with Crippen molar-refractivity contribution in [3.05, 3.63) is 0 Å². The van der Waals surface area contributed by atoms with Crippen LogP contribution in [0.4, 0.5) is 0 Å². The van der Waals surface area contributed by atoms with Crippen LogP contribution in [-0.4, -0.2) is 49.2 Å². The van der Waals surface area contributed by atoms with Gasteiger partial charge in [0.1, 0.15) is 5.54 Å². The average Bonchev–Trinajstić information content (AvgIpc) is 3.07. The maximum absolute atomic E-state index is 13.0. The normalized spacial score (nSPS) is 30.2. The van der Waals surface area contributed by atoms with Crippen LogP contribution >= 0.6 is 0 Å². The third-order valence-corrected chi connectivity index (χ3v) is 5.64. The highest BCUT2D eigenvalue weighted by Crippen LogP contribution is 2.36. The minimum absolute atomic E-state index is 0.196. The SMILES string of the molecule is O=C(NC[C@H]1CCOC1)C1(N2CCCCC2)CCCCC1. The molecule has 21 heavy (non-hydrogen) atoms. The van der Waals surface area contributed by atoms with E-state index in [9.17, 15) is 4.79 Å². The molecular formula is C17H30N2O2. The highest BCUT2D eigenvalue weighted by Gasteiger charge is 2.44. The molecule has 1 atom stereocenters. The van der Waals surface area contributed by atoms with E-state index in [1.54, 1.807) is 0 Å². The Bertz CT molecular complexity index is 341. The Morgan fingerprint density at radius 1 is 1.10 bits per heavy atom. The molecule has 3 aliphatic rings. The molecule has 0 aromatic rings.